The van der Waals surface area contributed by atoms with Crippen molar-refractivity contribution >= 4 is 17.7 Å². The maximum atomic E-state index is 13.0. The van der Waals surface area contributed by atoms with E-state index in [9.17, 15) is 4.79 Å². The van der Waals surface area contributed by atoms with Crippen LogP contribution in [0.2, 0.25) is 0 Å². The topological polar surface area (TPSA) is 61.8 Å². The van der Waals surface area contributed by atoms with E-state index in [0.717, 1.165) is 30.3 Å². The Labute approximate surface area is 178 Å². The monoisotopic (exact) mass is 407 g/mol. The maximum Gasteiger partial charge on any atom is 0.411 e. The van der Waals surface area contributed by atoms with Gasteiger partial charge in [0.05, 0.1) is 18.2 Å². The van der Waals surface area contributed by atoms with Crippen LogP contribution in [0.3, 0.4) is 0 Å². The van der Waals surface area contributed by atoms with Crippen molar-refractivity contribution in [3.05, 3.63) is 59.9 Å². The highest BCUT2D eigenvalue weighted by Crippen LogP contribution is 2.33. The van der Waals surface area contributed by atoms with Crippen molar-refractivity contribution in [1.82, 2.24) is 14.9 Å². The molecular weight excluding hydrogens is 378 g/mol. The van der Waals surface area contributed by atoms with Gasteiger partial charge in [0, 0.05) is 26.7 Å². The van der Waals surface area contributed by atoms with Crippen LogP contribution in [-0.4, -0.2) is 52.7 Å². The normalized spacial score (nSPS) is 17.9. The van der Waals surface area contributed by atoms with Gasteiger partial charge in [0.25, 0.3) is 0 Å². The summed E-state index contributed by atoms with van der Waals surface area (Å²) in [6.07, 6.45) is 5.49. The Morgan fingerprint density at radius 3 is 2.73 bits per heavy atom. The summed E-state index contributed by atoms with van der Waals surface area (Å²) in [6.45, 7) is 8.27. The summed E-state index contributed by atoms with van der Waals surface area (Å²) in [5, 5.41) is 0. The number of fused-ring (bicyclic) bond motifs is 4. The molecule has 1 aromatic carbocycles. The lowest BCUT2D eigenvalue weighted by molar-refractivity contribution is 0.0189. The zero-order valence-electron chi connectivity index (χ0n) is 18.1. The second-order valence-corrected chi connectivity index (χ2v) is 8.85. The molecule has 0 aliphatic carbocycles. The molecule has 0 spiro atoms. The molecule has 1 atom stereocenters. The molecule has 2 bridgehead atoms. The van der Waals surface area contributed by atoms with Gasteiger partial charge < -0.3 is 14.5 Å². The van der Waals surface area contributed by atoms with Gasteiger partial charge in [0.2, 0.25) is 0 Å². The third-order valence-corrected chi connectivity index (χ3v) is 5.27. The number of benzene rings is 1. The lowest BCUT2D eigenvalue weighted by Crippen LogP contribution is -2.47. The number of ether oxygens (including phenoxy) is 1. The third kappa shape index (κ3) is 4.25. The van der Waals surface area contributed by atoms with E-state index in [1.165, 1.54) is 5.56 Å². The molecule has 0 saturated heterocycles. The van der Waals surface area contributed by atoms with Gasteiger partial charge in [0.15, 0.2) is 0 Å². The highest BCUT2D eigenvalue weighted by Gasteiger charge is 2.36. The van der Waals surface area contributed by atoms with Gasteiger partial charge in [-0.1, -0.05) is 42.5 Å². The quantitative estimate of drug-likeness (QED) is 0.725. The van der Waals surface area contributed by atoms with E-state index in [4.69, 9.17) is 4.74 Å². The molecule has 30 heavy (non-hydrogen) atoms. The second-order valence-electron chi connectivity index (χ2n) is 8.85. The van der Waals surface area contributed by atoms with Crippen LogP contribution in [0, 0.1) is 0 Å². The largest absolute Gasteiger partial charge is 0.444 e. The van der Waals surface area contributed by atoms with E-state index in [1.807, 2.05) is 46.0 Å². The molecule has 2 aliphatic rings. The number of aromatic nitrogens is 2. The SMILES string of the molecule is CN(Cc1ccccc1)c1ncnc2c1CN(C(=O)OC(C)(C)C)[C@H]1C=CCN2C1. The highest BCUT2D eigenvalue weighted by atomic mass is 16.6. The number of carbonyl (C=O) groups is 1. The number of amides is 1. The van der Waals surface area contributed by atoms with Crippen LogP contribution in [0.5, 0.6) is 0 Å². The molecule has 0 saturated carbocycles. The number of hydrogen-bond acceptors (Lipinski definition) is 6. The molecular formula is C23H29N5O2. The van der Waals surface area contributed by atoms with E-state index in [1.54, 1.807) is 11.2 Å². The van der Waals surface area contributed by atoms with Gasteiger partial charge in [-0.2, -0.15) is 0 Å². The molecule has 2 aromatic rings. The average Bonchev–Trinajstić information content (AvgIpc) is 2.81. The molecule has 158 valence electrons. The minimum absolute atomic E-state index is 0.0601. The first kappa shape index (κ1) is 20.2. The molecule has 7 nitrogen and oxygen atoms in total. The van der Waals surface area contributed by atoms with Gasteiger partial charge in [-0.05, 0) is 26.3 Å². The van der Waals surface area contributed by atoms with E-state index >= 15 is 0 Å². The van der Waals surface area contributed by atoms with E-state index in [-0.39, 0.29) is 12.1 Å². The molecule has 1 aromatic heterocycles. The van der Waals surface area contributed by atoms with Crippen LogP contribution in [-0.2, 0) is 17.8 Å². The molecule has 2 aliphatic heterocycles. The fourth-order valence-corrected chi connectivity index (χ4v) is 3.96. The molecule has 1 amide bonds. The van der Waals surface area contributed by atoms with Crippen LogP contribution >= 0.6 is 0 Å². The number of nitrogens with zero attached hydrogens (tertiary/aromatic N) is 5. The van der Waals surface area contributed by atoms with Crippen molar-refractivity contribution in [1.29, 1.82) is 0 Å². The van der Waals surface area contributed by atoms with Crippen LogP contribution < -0.4 is 9.80 Å². The van der Waals surface area contributed by atoms with Crippen molar-refractivity contribution in [3.63, 3.8) is 0 Å². The summed E-state index contributed by atoms with van der Waals surface area (Å²) >= 11 is 0. The molecule has 7 heteroatoms. The van der Waals surface area contributed by atoms with Gasteiger partial charge in [-0.15, -0.1) is 0 Å². The maximum absolute atomic E-state index is 13.0. The Morgan fingerprint density at radius 1 is 1.23 bits per heavy atom. The van der Waals surface area contributed by atoms with Crippen LogP contribution in [0.15, 0.2) is 48.8 Å². The van der Waals surface area contributed by atoms with Gasteiger partial charge in [-0.3, -0.25) is 4.90 Å². The Balaban J connectivity index is 1.69. The fourth-order valence-electron chi connectivity index (χ4n) is 3.96. The van der Waals surface area contributed by atoms with Crippen LogP contribution in [0.4, 0.5) is 16.4 Å². The molecule has 0 N–H and O–H groups in total. The minimum Gasteiger partial charge on any atom is -0.444 e. The fraction of sp³-hybridized carbons (Fsp3) is 0.435. The van der Waals surface area contributed by atoms with E-state index < -0.39 is 5.60 Å². The van der Waals surface area contributed by atoms with Crippen molar-refractivity contribution in [2.75, 3.05) is 29.9 Å². The summed E-state index contributed by atoms with van der Waals surface area (Å²) in [4.78, 5) is 28.4. The third-order valence-electron chi connectivity index (χ3n) is 5.27. The Bertz CT molecular complexity index is 938. The molecule has 0 unspecified atom stereocenters. The first-order valence-electron chi connectivity index (χ1n) is 10.3. The van der Waals surface area contributed by atoms with Crippen molar-refractivity contribution < 1.29 is 9.53 Å². The summed E-state index contributed by atoms with van der Waals surface area (Å²) < 4.78 is 5.72. The summed E-state index contributed by atoms with van der Waals surface area (Å²) in [7, 11) is 2.03. The number of hydrogen-bond donors (Lipinski definition) is 0. The minimum atomic E-state index is -0.551. The predicted molar refractivity (Wildman–Crippen MR) is 117 cm³/mol. The Kier molecular flexibility index (Phi) is 5.37. The number of rotatable bonds is 3. The predicted octanol–water partition coefficient (Wildman–Crippen LogP) is 3.61. The highest BCUT2D eigenvalue weighted by molar-refractivity contribution is 5.72. The zero-order chi connectivity index (χ0) is 21.3. The lowest BCUT2D eigenvalue weighted by atomic mass is 10.1. The van der Waals surface area contributed by atoms with Crippen LogP contribution in [0.25, 0.3) is 0 Å². The standard InChI is InChI=1S/C23H29N5O2/c1-23(2,3)30-22(29)28-15-19-20(26(4)13-17-9-6-5-7-10-17)24-16-25-21(19)27-12-8-11-18(28)14-27/h5-11,16,18H,12-15H2,1-4H3/t18-/m0/s1. The Morgan fingerprint density at radius 2 is 2.00 bits per heavy atom. The number of carbonyl (C=O) groups excluding carboxylic acids is 1. The van der Waals surface area contributed by atoms with Crippen molar-refractivity contribution in [2.24, 2.45) is 0 Å². The van der Waals surface area contributed by atoms with E-state index in [2.05, 4.69) is 44.1 Å². The van der Waals surface area contributed by atoms with Gasteiger partial charge in [0.1, 0.15) is 23.6 Å². The first-order chi connectivity index (χ1) is 14.3. The first-order valence-corrected chi connectivity index (χ1v) is 10.3. The van der Waals surface area contributed by atoms with Crippen LogP contribution in [0.1, 0.15) is 31.9 Å². The van der Waals surface area contributed by atoms with Gasteiger partial charge >= 0.3 is 6.09 Å². The summed E-state index contributed by atoms with van der Waals surface area (Å²) in [5.74, 6) is 1.73. The summed E-state index contributed by atoms with van der Waals surface area (Å²) in [6, 6.07) is 10.2. The Hall–Kier alpha value is -3.09. The molecule has 4 rings (SSSR count). The van der Waals surface area contributed by atoms with Gasteiger partial charge in [-0.25, -0.2) is 14.8 Å². The lowest BCUT2D eigenvalue weighted by Gasteiger charge is -2.33. The molecule has 0 fully saturated rings. The smallest absolute Gasteiger partial charge is 0.411 e. The zero-order valence-corrected chi connectivity index (χ0v) is 18.1. The molecule has 3 heterocycles. The molecule has 0 radical (unpaired) electrons. The van der Waals surface area contributed by atoms with E-state index in [0.29, 0.717) is 13.1 Å². The summed E-state index contributed by atoms with van der Waals surface area (Å²) in [5.41, 5.74) is 1.60. The van der Waals surface area contributed by atoms with Crippen molar-refractivity contribution in [3.8, 4) is 0 Å². The average molecular weight is 408 g/mol. The van der Waals surface area contributed by atoms with Crippen molar-refractivity contribution in [2.45, 2.75) is 45.5 Å². The second kappa shape index (κ2) is 7.97. The number of anilines is 2.